The van der Waals surface area contributed by atoms with Gasteiger partial charge in [-0.2, -0.15) is 9.49 Å². The van der Waals surface area contributed by atoms with Gasteiger partial charge in [0.15, 0.2) is 5.75 Å². The van der Waals surface area contributed by atoms with E-state index in [4.69, 9.17) is 4.74 Å². The molecule has 0 saturated carbocycles. The molecule has 0 unspecified atom stereocenters. The molecule has 0 aliphatic carbocycles. The number of rotatable bonds is 4. The number of hydrogen-bond acceptors (Lipinski definition) is 4. The molecule has 19 heavy (non-hydrogen) atoms. The maximum Gasteiger partial charge on any atom is 0.330 e. The second-order valence-electron chi connectivity index (χ2n) is 4.15. The van der Waals surface area contributed by atoms with Crippen molar-refractivity contribution in [1.29, 1.82) is 0 Å². The van der Waals surface area contributed by atoms with Gasteiger partial charge in [0.05, 0.1) is 23.4 Å². The van der Waals surface area contributed by atoms with Crippen molar-refractivity contribution >= 4 is 5.69 Å². The van der Waals surface area contributed by atoms with E-state index >= 15 is 0 Å². The molecule has 0 N–H and O–H groups in total. The number of hydrogen-bond donors (Lipinski definition) is 0. The molecule has 0 bridgehead atoms. The fourth-order valence-corrected chi connectivity index (χ4v) is 1.64. The van der Waals surface area contributed by atoms with Crippen LogP contribution in [0.15, 0.2) is 30.6 Å². The molecule has 100 valence electrons. The predicted octanol–water partition coefficient (Wildman–Crippen LogP) is 2.71. The molecule has 0 radical (unpaired) electrons. The third-order valence-corrected chi connectivity index (χ3v) is 2.33. The standard InChI is InChI=1S/C12H12FN3O3/c1-8(2)19-9-6-14-15(7-9)11-5-3-4-10(13)12(11)16(17)18/h3-8H,1-2H3. The number of nitro benzene ring substituents is 1. The van der Waals surface area contributed by atoms with E-state index in [0.29, 0.717) is 5.75 Å². The second kappa shape index (κ2) is 5.05. The molecule has 1 aromatic heterocycles. The third-order valence-electron chi connectivity index (χ3n) is 2.33. The van der Waals surface area contributed by atoms with Crippen LogP contribution in [0.4, 0.5) is 10.1 Å². The van der Waals surface area contributed by atoms with Gasteiger partial charge in [0.1, 0.15) is 5.69 Å². The van der Waals surface area contributed by atoms with Gasteiger partial charge < -0.3 is 4.74 Å². The summed E-state index contributed by atoms with van der Waals surface area (Å²) in [5.74, 6) is -0.433. The van der Waals surface area contributed by atoms with Gasteiger partial charge in [-0.05, 0) is 26.0 Å². The molecule has 0 saturated heterocycles. The lowest BCUT2D eigenvalue weighted by atomic mass is 10.2. The first-order chi connectivity index (χ1) is 8.99. The Labute approximate surface area is 108 Å². The number of nitrogens with zero attached hydrogens (tertiary/aromatic N) is 3. The van der Waals surface area contributed by atoms with Crippen molar-refractivity contribution in [2.45, 2.75) is 20.0 Å². The lowest BCUT2D eigenvalue weighted by molar-refractivity contribution is -0.387. The van der Waals surface area contributed by atoms with E-state index in [2.05, 4.69) is 5.10 Å². The van der Waals surface area contributed by atoms with Crippen LogP contribution in [-0.4, -0.2) is 20.8 Å². The summed E-state index contributed by atoms with van der Waals surface area (Å²) in [6.45, 7) is 3.70. The normalized spacial score (nSPS) is 10.7. The molecule has 1 aromatic carbocycles. The Bertz CT molecular complexity index is 610. The Morgan fingerprint density at radius 2 is 2.21 bits per heavy atom. The van der Waals surface area contributed by atoms with Gasteiger partial charge in [-0.3, -0.25) is 10.1 Å². The average molecular weight is 265 g/mol. The number of benzene rings is 1. The van der Waals surface area contributed by atoms with E-state index in [1.54, 1.807) is 0 Å². The highest BCUT2D eigenvalue weighted by Gasteiger charge is 2.21. The maximum absolute atomic E-state index is 13.5. The predicted molar refractivity (Wildman–Crippen MR) is 65.9 cm³/mol. The minimum absolute atomic E-state index is 0.0415. The van der Waals surface area contributed by atoms with Gasteiger partial charge in [-0.25, -0.2) is 4.68 Å². The molecule has 7 heteroatoms. The average Bonchev–Trinajstić information content (AvgIpc) is 2.75. The van der Waals surface area contributed by atoms with Crippen LogP contribution < -0.4 is 4.74 Å². The van der Waals surface area contributed by atoms with E-state index in [9.17, 15) is 14.5 Å². The van der Waals surface area contributed by atoms with Gasteiger partial charge in [0.25, 0.3) is 0 Å². The monoisotopic (exact) mass is 265 g/mol. The quantitative estimate of drug-likeness (QED) is 0.629. The van der Waals surface area contributed by atoms with Crippen LogP contribution in [0.2, 0.25) is 0 Å². The Morgan fingerprint density at radius 3 is 2.84 bits per heavy atom. The van der Waals surface area contributed by atoms with Crippen LogP contribution in [-0.2, 0) is 0 Å². The van der Waals surface area contributed by atoms with Gasteiger partial charge in [0, 0.05) is 0 Å². The molecule has 0 fully saturated rings. The number of para-hydroxylation sites is 1. The van der Waals surface area contributed by atoms with Crippen LogP contribution in [0.3, 0.4) is 0 Å². The zero-order valence-corrected chi connectivity index (χ0v) is 10.4. The molecule has 0 spiro atoms. The summed E-state index contributed by atoms with van der Waals surface area (Å²) < 4.78 is 20.1. The molecular formula is C12H12FN3O3. The van der Waals surface area contributed by atoms with Gasteiger partial charge in [-0.1, -0.05) is 6.07 Å². The van der Waals surface area contributed by atoms with Gasteiger partial charge >= 0.3 is 5.69 Å². The van der Waals surface area contributed by atoms with Crippen molar-refractivity contribution in [2.24, 2.45) is 0 Å². The SMILES string of the molecule is CC(C)Oc1cnn(-c2cccc(F)c2[N+](=O)[O-])c1. The Hall–Kier alpha value is -2.44. The van der Waals surface area contributed by atoms with E-state index in [-0.39, 0.29) is 11.8 Å². The van der Waals surface area contributed by atoms with Crippen LogP contribution in [0.25, 0.3) is 5.69 Å². The molecule has 2 rings (SSSR count). The summed E-state index contributed by atoms with van der Waals surface area (Å²) in [6.07, 6.45) is 2.86. The van der Waals surface area contributed by atoms with Crippen molar-refractivity contribution in [3.63, 3.8) is 0 Å². The first-order valence-electron chi connectivity index (χ1n) is 5.63. The number of halogens is 1. The number of nitro groups is 1. The Morgan fingerprint density at radius 1 is 1.47 bits per heavy atom. The molecule has 0 aliphatic heterocycles. The van der Waals surface area contributed by atoms with Crippen LogP contribution in [0, 0.1) is 15.9 Å². The summed E-state index contributed by atoms with van der Waals surface area (Å²) in [5.41, 5.74) is -0.551. The van der Waals surface area contributed by atoms with Crippen molar-refractivity contribution in [1.82, 2.24) is 9.78 Å². The van der Waals surface area contributed by atoms with Crippen LogP contribution in [0.5, 0.6) is 5.75 Å². The van der Waals surface area contributed by atoms with Gasteiger partial charge in [-0.15, -0.1) is 0 Å². The van der Waals surface area contributed by atoms with E-state index < -0.39 is 16.4 Å². The van der Waals surface area contributed by atoms with E-state index in [1.807, 2.05) is 13.8 Å². The lowest BCUT2D eigenvalue weighted by Crippen LogP contribution is -2.05. The van der Waals surface area contributed by atoms with Crippen LogP contribution in [0.1, 0.15) is 13.8 Å². The molecule has 0 aliphatic rings. The van der Waals surface area contributed by atoms with Gasteiger partial charge in [0.2, 0.25) is 5.82 Å². The highest BCUT2D eigenvalue weighted by molar-refractivity contribution is 5.53. The smallest absolute Gasteiger partial charge is 0.330 e. The number of aromatic nitrogens is 2. The van der Waals surface area contributed by atoms with Crippen molar-refractivity contribution in [3.8, 4) is 11.4 Å². The van der Waals surface area contributed by atoms with E-state index in [0.717, 1.165) is 6.07 Å². The summed E-state index contributed by atoms with van der Waals surface area (Å²) in [5, 5.41) is 14.8. The molecule has 6 nitrogen and oxygen atoms in total. The summed E-state index contributed by atoms with van der Waals surface area (Å²) in [4.78, 5) is 10.1. The summed E-state index contributed by atoms with van der Waals surface area (Å²) in [7, 11) is 0. The summed E-state index contributed by atoms with van der Waals surface area (Å²) in [6, 6.07) is 3.85. The maximum atomic E-state index is 13.5. The number of ether oxygens (including phenoxy) is 1. The second-order valence-corrected chi connectivity index (χ2v) is 4.15. The lowest BCUT2D eigenvalue weighted by Gasteiger charge is -2.06. The fourth-order valence-electron chi connectivity index (χ4n) is 1.64. The largest absolute Gasteiger partial charge is 0.488 e. The van der Waals surface area contributed by atoms with Crippen LogP contribution >= 0.6 is 0 Å². The molecule has 0 amide bonds. The fraction of sp³-hybridized carbons (Fsp3) is 0.250. The molecular weight excluding hydrogens is 253 g/mol. The Balaban J connectivity index is 2.44. The van der Waals surface area contributed by atoms with Crippen molar-refractivity contribution in [3.05, 3.63) is 46.5 Å². The summed E-state index contributed by atoms with van der Waals surface area (Å²) >= 11 is 0. The topological polar surface area (TPSA) is 70.2 Å². The minimum atomic E-state index is -0.899. The van der Waals surface area contributed by atoms with Crippen molar-refractivity contribution < 1.29 is 14.1 Å². The third kappa shape index (κ3) is 2.70. The zero-order valence-electron chi connectivity index (χ0n) is 10.4. The highest BCUT2D eigenvalue weighted by Crippen LogP contribution is 2.26. The van der Waals surface area contributed by atoms with Crippen molar-refractivity contribution in [2.75, 3.05) is 0 Å². The molecule has 0 atom stereocenters. The minimum Gasteiger partial charge on any atom is -0.488 e. The Kier molecular flexibility index (Phi) is 3.46. The van der Waals surface area contributed by atoms with E-state index in [1.165, 1.54) is 29.2 Å². The zero-order chi connectivity index (χ0) is 14.0. The first kappa shape index (κ1) is 13.0. The molecule has 2 aromatic rings. The highest BCUT2D eigenvalue weighted by atomic mass is 19.1. The first-order valence-corrected chi connectivity index (χ1v) is 5.63. The molecule has 1 heterocycles.